The molecule has 1 heterocycles. The van der Waals surface area contributed by atoms with Gasteiger partial charge in [-0.3, -0.25) is 4.79 Å². The summed E-state index contributed by atoms with van der Waals surface area (Å²) in [4.78, 5) is 14.5. The standard InChI is InChI=1S/C20H32N2O2/c1-16-7-5-12-22(15-16)13-6-14-24-18-10-8-17(9-11-18)21-19(23)20(2,3)4/h8-11,16H,5-7,12-15H2,1-4H3,(H,21,23)/t16-/m0/s1. The first kappa shape index (κ1) is 18.8. The number of rotatable bonds is 6. The lowest BCUT2D eigenvalue weighted by molar-refractivity contribution is -0.123. The van der Waals surface area contributed by atoms with E-state index in [2.05, 4.69) is 17.1 Å². The molecule has 1 aromatic carbocycles. The molecular formula is C20H32N2O2. The van der Waals surface area contributed by atoms with Crippen molar-refractivity contribution < 1.29 is 9.53 Å². The van der Waals surface area contributed by atoms with E-state index in [-0.39, 0.29) is 11.3 Å². The first-order valence-corrected chi connectivity index (χ1v) is 9.11. The van der Waals surface area contributed by atoms with Gasteiger partial charge in [0.15, 0.2) is 0 Å². The number of amides is 1. The van der Waals surface area contributed by atoms with Crippen LogP contribution in [0.3, 0.4) is 0 Å². The van der Waals surface area contributed by atoms with Gasteiger partial charge in [0.2, 0.25) is 5.91 Å². The Balaban J connectivity index is 1.69. The Kier molecular flexibility index (Phi) is 6.67. The van der Waals surface area contributed by atoms with Crippen molar-refractivity contribution in [2.45, 2.75) is 47.0 Å². The van der Waals surface area contributed by atoms with Crippen molar-refractivity contribution in [2.75, 3.05) is 31.6 Å². The van der Waals surface area contributed by atoms with Gasteiger partial charge >= 0.3 is 0 Å². The number of hydrogen-bond donors (Lipinski definition) is 1. The zero-order valence-electron chi connectivity index (χ0n) is 15.6. The maximum atomic E-state index is 12.0. The second-order valence-electron chi connectivity index (χ2n) is 7.98. The molecule has 4 nitrogen and oxygen atoms in total. The van der Waals surface area contributed by atoms with Gasteiger partial charge in [0.25, 0.3) is 0 Å². The fourth-order valence-electron chi connectivity index (χ4n) is 2.92. The zero-order chi connectivity index (χ0) is 17.6. The van der Waals surface area contributed by atoms with E-state index in [1.807, 2.05) is 45.0 Å². The lowest BCUT2D eigenvalue weighted by Crippen LogP contribution is -2.35. The molecule has 0 aliphatic carbocycles. The number of nitrogens with one attached hydrogen (secondary N) is 1. The Morgan fingerprint density at radius 3 is 2.62 bits per heavy atom. The Labute approximate surface area is 146 Å². The highest BCUT2D eigenvalue weighted by atomic mass is 16.5. The molecule has 0 spiro atoms. The highest BCUT2D eigenvalue weighted by molar-refractivity contribution is 5.94. The second-order valence-corrected chi connectivity index (χ2v) is 7.98. The van der Waals surface area contributed by atoms with E-state index in [4.69, 9.17) is 4.74 Å². The molecule has 1 aliphatic heterocycles. The number of benzene rings is 1. The van der Waals surface area contributed by atoms with Gasteiger partial charge in [-0.05, 0) is 56.0 Å². The summed E-state index contributed by atoms with van der Waals surface area (Å²) in [5, 5.41) is 2.92. The van der Waals surface area contributed by atoms with E-state index >= 15 is 0 Å². The summed E-state index contributed by atoms with van der Waals surface area (Å²) in [6.07, 6.45) is 3.74. The topological polar surface area (TPSA) is 41.6 Å². The molecule has 1 amide bonds. The number of ether oxygens (including phenoxy) is 1. The summed E-state index contributed by atoms with van der Waals surface area (Å²) in [6.45, 7) is 12.4. The Morgan fingerprint density at radius 1 is 1.29 bits per heavy atom. The summed E-state index contributed by atoms with van der Waals surface area (Å²) in [5.74, 6) is 1.71. The van der Waals surface area contributed by atoms with Crippen LogP contribution in [0.1, 0.15) is 47.0 Å². The molecule has 1 aromatic rings. The molecule has 1 atom stereocenters. The van der Waals surface area contributed by atoms with Gasteiger partial charge < -0.3 is 15.0 Å². The van der Waals surface area contributed by atoms with Crippen LogP contribution in [0.15, 0.2) is 24.3 Å². The fourth-order valence-corrected chi connectivity index (χ4v) is 2.92. The summed E-state index contributed by atoms with van der Waals surface area (Å²) >= 11 is 0. The first-order chi connectivity index (χ1) is 11.3. The molecule has 1 aliphatic rings. The zero-order valence-corrected chi connectivity index (χ0v) is 15.6. The van der Waals surface area contributed by atoms with E-state index in [0.717, 1.165) is 36.9 Å². The summed E-state index contributed by atoms with van der Waals surface area (Å²) in [7, 11) is 0. The molecule has 0 unspecified atom stereocenters. The number of hydrogen-bond acceptors (Lipinski definition) is 3. The van der Waals surface area contributed by atoms with E-state index in [1.165, 1.54) is 25.9 Å². The molecule has 0 saturated carbocycles. The molecule has 0 radical (unpaired) electrons. The Bertz CT molecular complexity index is 519. The average Bonchev–Trinajstić information content (AvgIpc) is 2.52. The third-order valence-electron chi connectivity index (χ3n) is 4.42. The maximum absolute atomic E-state index is 12.0. The van der Waals surface area contributed by atoms with Crippen molar-refractivity contribution in [1.82, 2.24) is 4.90 Å². The van der Waals surface area contributed by atoms with Gasteiger partial charge in [0.1, 0.15) is 5.75 Å². The maximum Gasteiger partial charge on any atom is 0.229 e. The lowest BCUT2D eigenvalue weighted by atomic mass is 9.95. The van der Waals surface area contributed by atoms with E-state index in [1.54, 1.807) is 0 Å². The molecular weight excluding hydrogens is 300 g/mol. The SMILES string of the molecule is C[C@H]1CCCN(CCCOc2ccc(NC(=O)C(C)(C)C)cc2)C1. The molecule has 2 rings (SSSR count). The van der Waals surface area contributed by atoms with Crippen LogP contribution in [-0.4, -0.2) is 37.0 Å². The van der Waals surface area contributed by atoms with Crippen molar-refractivity contribution in [3.63, 3.8) is 0 Å². The molecule has 0 bridgehead atoms. The van der Waals surface area contributed by atoms with E-state index < -0.39 is 0 Å². The smallest absolute Gasteiger partial charge is 0.229 e. The van der Waals surface area contributed by atoms with Crippen LogP contribution in [0.2, 0.25) is 0 Å². The van der Waals surface area contributed by atoms with Crippen molar-refractivity contribution in [3.05, 3.63) is 24.3 Å². The summed E-state index contributed by atoms with van der Waals surface area (Å²) < 4.78 is 5.81. The van der Waals surface area contributed by atoms with Crippen molar-refractivity contribution in [1.29, 1.82) is 0 Å². The molecule has 4 heteroatoms. The second kappa shape index (κ2) is 8.52. The molecule has 134 valence electrons. The summed E-state index contributed by atoms with van der Waals surface area (Å²) in [5.41, 5.74) is 0.422. The van der Waals surface area contributed by atoms with Crippen molar-refractivity contribution >= 4 is 11.6 Å². The molecule has 1 N–H and O–H groups in total. The summed E-state index contributed by atoms with van der Waals surface area (Å²) in [6, 6.07) is 7.62. The van der Waals surface area contributed by atoms with Gasteiger partial charge in [0.05, 0.1) is 6.61 Å². The molecule has 1 saturated heterocycles. The number of likely N-dealkylation sites (tertiary alicyclic amines) is 1. The van der Waals surface area contributed by atoms with Crippen LogP contribution in [0, 0.1) is 11.3 Å². The fraction of sp³-hybridized carbons (Fsp3) is 0.650. The Hall–Kier alpha value is -1.55. The van der Waals surface area contributed by atoms with Gasteiger partial charge in [0, 0.05) is 24.2 Å². The van der Waals surface area contributed by atoms with Gasteiger partial charge in [-0.25, -0.2) is 0 Å². The average molecular weight is 332 g/mol. The van der Waals surface area contributed by atoms with Crippen LogP contribution in [0.4, 0.5) is 5.69 Å². The Morgan fingerprint density at radius 2 is 2.00 bits per heavy atom. The highest BCUT2D eigenvalue weighted by Crippen LogP contribution is 2.20. The third kappa shape index (κ3) is 6.16. The van der Waals surface area contributed by atoms with Crippen LogP contribution in [-0.2, 0) is 4.79 Å². The number of nitrogens with zero attached hydrogens (tertiary/aromatic N) is 1. The van der Waals surface area contributed by atoms with E-state index in [0.29, 0.717) is 0 Å². The quantitative estimate of drug-likeness (QED) is 0.795. The largest absolute Gasteiger partial charge is 0.494 e. The predicted octanol–water partition coefficient (Wildman–Crippen LogP) is 4.17. The minimum atomic E-state index is -0.388. The van der Waals surface area contributed by atoms with Crippen LogP contribution < -0.4 is 10.1 Å². The minimum absolute atomic E-state index is 0.0203. The van der Waals surface area contributed by atoms with Crippen molar-refractivity contribution in [3.8, 4) is 5.75 Å². The van der Waals surface area contributed by atoms with Crippen LogP contribution in [0.25, 0.3) is 0 Å². The van der Waals surface area contributed by atoms with E-state index in [9.17, 15) is 4.79 Å². The normalized spacial score (nSPS) is 19.1. The van der Waals surface area contributed by atoms with Gasteiger partial charge in [-0.15, -0.1) is 0 Å². The van der Waals surface area contributed by atoms with Gasteiger partial charge in [-0.1, -0.05) is 27.7 Å². The van der Waals surface area contributed by atoms with Gasteiger partial charge in [-0.2, -0.15) is 0 Å². The van der Waals surface area contributed by atoms with Crippen LogP contribution in [0.5, 0.6) is 5.75 Å². The molecule has 0 aromatic heterocycles. The third-order valence-corrected chi connectivity index (χ3v) is 4.42. The lowest BCUT2D eigenvalue weighted by Gasteiger charge is -2.30. The van der Waals surface area contributed by atoms with Crippen LogP contribution >= 0.6 is 0 Å². The van der Waals surface area contributed by atoms with Crippen molar-refractivity contribution in [2.24, 2.45) is 11.3 Å². The minimum Gasteiger partial charge on any atom is -0.494 e. The molecule has 24 heavy (non-hydrogen) atoms. The number of piperidine rings is 1. The number of carbonyl (C=O) groups excluding carboxylic acids is 1. The monoisotopic (exact) mass is 332 g/mol. The molecule has 1 fully saturated rings. The number of carbonyl (C=O) groups is 1. The number of anilines is 1. The first-order valence-electron chi connectivity index (χ1n) is 9.11. The predicted molar refractivity (Wildman–Crippen MR) is 99.5 cm³/mol. The highest BCUT2D eigenvalue weighted by Gasteiger charge is 2.21.